The first kappa shape index (κ1) is 13.2. The number of nitrogens with one attached hydrogen (secondary N) is 1. The largest absolute Gasteiger partial charge is 0.393 e. The Kier molecular flexibility index (Phi) is 4.99. The Labute approximate surface area is 104 Å². The standard InChI is InChI=1S/C10H12Cl2N2O2/c1-6(15)2-3-13-10(16)7-4-8(11)9(12)14-5-7/h4-6,15H,2-3H2,1H3,(H,13,16). The van der Waals surface area contributed by atoms with Gasteiger partial charge in [-0.05, 0) is 19.4 Å². The van der Waals surface area contributed by atoms with Crippen molar-refractivity contribution in [2.24, 2.45) is 0 Å². The van der Waals surface area contributed by atoms with Crippen molar-refractivity contribution >= 4 is 29.1 Å². The van der Waals surface area contributed by atoms with Crippen molar-refractivity contribution in [3.63, 3.8) is 0 Å². The van der Waals surface area contributed by atoms with Crippen LogP contribution in [0.5, 0.6) is 0 Å². The summed E-state index contributed by atoms with van der Waals surface area (Å²) in [6, 6.07) is 1.45. The molecular weight excluding hydrogens is 251 g/mol. The number of hydrogen-bond acceptors (Lipinski definition) is 3. The topological polar surface area (TPSA) is 62.2 Å². The number of nitrogens with zero attached hydrogens (tertiary/aromatic N) is 1. The second kappa shape index (κ2) is 6.03. The SMILES string of the molecule is CC(O)CCNC(=O)c1cnc(Cl)c(Cl)c1. The van der Waals surface area contributed by atoms with Gasteiger partial charge >= 0.3 is 0 Å². The quantitative estimate of drug-likeness (QED) is 0.815. The number of carbonyl (C=O) groups excluding carboxylic acids is 1. The zero-order valence-corrected chi connectivity index (χ0v) is 10.2. The predicted octanol–water partition coefficient (Wildman–Crippen LogP) is 1.89. The highest BCUT2D eigenvalue weighted by molar-refractivity contribution is 6.41. The molecule has 4 nitrogen and oxygen atoms in total. The molecule has 0 spiro atoms. The van der Waals surface area contributed by atoms with Crippen LogP contribution < -0.4 is 5.32 Å². The number of rotatable bonds is 4. The molecule has 0 aromatic carbocycles. The maximum Gasteiger partial charge on any atom is 0.252 e. The Balaban J connectivity index is 2.56. The summed E-state index contributed by atoms with van der Waals surface area (Å²) in [6.45, 7) is 2.06. The van der Waals surface area contributed by atoms with Crippen LogP contribution in [0.2, 0.25) is 10.2 Å². The second-order valence-corrected chi connectivity index (χ2v) is 4.16. The Hall–Kier alpha value is -0.840. The third-order valence-electron chi connectivity index (χ3n) is 1.91. The first-order valence-corrected chi connectivity index (χ1v) is 5.53. The first-order valence-electron chi connectivity index (χ1n) is 4.78. The van der Waals surface area contributed by atoms with Crippen LogP contribution in [0.25, 0.3) is 0 Å². The van der Waals surface area contributed by atoms with Gasteiger partial charge in [0.2, 0.25) is 0 Å². The monoisotopic (exact) mass is 262 g/mol. The van der Waals surface area contributed by atoms with Gasteiger partial charge in [-0.1, -0.05) is 23.2 Å². The van der Waals surface area contributed by atoms with Crippen molar-refractivity contribution in [3.8, 4) is 0 Å². The predicted molar refractivity (Wildman–Crippen MR) is 62.9 cm³/mol. The molecule has 0 bridgehead atoms. The van der Waals surface area contributed by atoms with E-state index in [1.807, 2.05) is 0 Å². The molecule has 0 saturated carbocycles. The normalized spacial score (nSPS) is 12.2. The summed E-state index contributed by atoms with van der Waals surface area (Å²) in [5, 5.41) is 12.1. The van der Waals surface area contributed by atoms with Crippen molar-refractivity contribution < 1.29 is 9.90 Å². The minimum absolute atomic E-state index is 0.169. The second-order valence-electron chi connectivity index (χ2n) is 3.39. The number of halogens is 2. The van der Waals surface area contributed by atoms with Crippen LogP contribution in [0, 0.1) is 0 Å². The highest BCUT2D eigenvalue weighted by Gasteiger charge is 2.08. The summed E-state index contributed by atoms with van der Waals surface area (Å²) in [6.07, 6.45) is 1.42. The zero-order chi connectivity index (χ0) is 12.1. The van der Waals surface area contributed by atoms with E-state index in [1.165, 1.54) is 12.3 Å². The van der Waals surface area contributed by atoms with Crippen LogP contribution in [0.3, 0.4) is 0 Å². The van der Waals surface area contributed by atoms with Gasteiger partial charge < -0.3 is 10.4 Å². The van der Waals surface area contributed by atoms with Gasteiger partial charge in [-0.2, -0.15) is 0 Å². The van der Waals surface area contributed by atoms with Crippen molar-refractivity contribution in [2.45, 2.75) is 19.4 Å². The smallest absolute Gasteiger partial charge is 0.252 e. The van der Waals surface area contributed by atoms with E-state index in [9.17, 15) is 4.79 Å². The van der Waals surface area contributed by atoms with E-state index in [-0.39, 0.29) is 16.1 Å². The van der Waals surface area contributed by atoms with Crippen LogP contribution in [0.4, 0.5) is 0 Å². The molecule has 1 amide bonds. The highest BCUT2D eigenvalue weighted by Crippen LogP contribution is 2.19. The molecule has 2 N–H and O–H groups in total. The molecule has 1 heterocycles. The number of hydrogen-bond donors (Lipinski definition) is 2. The summed E-state index contributed by atoms with van der Waals surface area (Å²) in [5.41, 5.74) is 0.347. The van der Waals surface area contributed by atoms with Crippen molar-refractivity contribution in [2.75, 3.05) is 6.54 Å². The molecule has 88 valence electrons. The molecule has 1 unspecified atom stereocenters. The van der Waals surface area contributed by atoms with Crippen LogP contribution in [0.1, 0.15) is 23.7 Å². The van der Waals surface area contributed by atoms with Crippen LogP contribution in [0.15, 0.2) is 12.3 Å². The van der Waals surface area contributed by atoms with Gasteiger partial charge in [-0.25, -0.2) is 4.98 Å². The van der Waals surface area contributed by atoms with E-state index in [2.05, 4.69) is 10.3 Å². The Morgan fingerprint density at radius 2 is 2.31 bits per heavy atom. The van der Waals surface area contributed by atoms with Gasteiger partial charge in [0.1, 0.15) is 5.15 Å². The Morgan fingerprint density at radius 1 is 1.62 bits per heavy atom. The van der Waals surface area contributed by atoms with Gasteiger partial charge in [0, 0.05) is 12.7 Å². The van der Waals surface area contributed by atoms with E-state index in [0.29, 0.717) is 18.5 Å². The minimum Gasteiger partial charge on any atom is -0.393 e. The summed E-state index contributed by atoms with van der Waals surface area (Å²) in [5.74, 6) is -0.285. The zero-order valence-electron chi connectivity index (χ0n) is 8.70. The van der Waals surface area contributed by atoms with Gasteiger partial charge in [0.05, 0.1) is 16.7 Å². The van der Waals surface area contributed by atoms with Crippen molar-refractivity contribution in [3.05, 3.63) is 28.0 Å². The molecule has 16 heavy (non-hydrogen) atoms. The lowest BCUT2D eigenvalue weighted by atomic mass is 10.2. The molecule has 0 fully saturated rings. The average Bonchev–Trinajstić information content (AvgIpc) is 2.21. The van der Waals surface area contributed by atoms with Gasteiger partial charge in [-0.15, -0.1) is 0 Å². The van der Waals surface area contributed by atoms with E-state index in [0.717, 1.165) is 0 Å². The fourth-order valence-electron chi connectivity index (χ4n) is 1.04. The lowest BCUT2D eigenvalue weighted by molar-refractivity contribution is 0.0945. The number of aliphatic hydroxyl groups excluding tert-OH is 1. The maximum absolute atomic E-state index is 11.6. The molecule has 0 saturated heterocycles. The van der Waals surface area contributed by atoms with Crippen molar-refractivity contribution in [1.82, 2.24) is 10.3 Å². The molecule has 6 heteroatoms. The summed E-state index contributed by atoms with van der Waals surface area (Å²) in [4.78, 5) is 15.3. The molecule has 0 radical (unpaired) electrons. The van der Waals surface area contributed by atoms with Crippen molar-refractivity contribution in [1.29, 1.82) is 0 Å². The summed E-state index contributed by atoms with van der Waals surface area (Å²) >= 11 is 11.4. The average molecular weight is 263 g/mol. The third kappa shape index (κ3) is 3.96. The van der Waals surface area contributed by atoms with E-state index in [4.69, 9.17) is 28.3 Å². The molecule has 1 aromatic rings. The summed E-state index contributed by atoms with van der Waals surface area (Å²) in [7, 11) is 0. The maximum atomic E-state index is 11.6. The van der Waals surface area contributed by atoms with E-state index >= 15 is 0 Å². The van der Waals surface area contributed by atoms with Crippen LogP contribution in [-0.2, 0) is 0 Å². The Bertz CT molecular complexity index is 383. The molecule has 1 atom stereocenters. The third-order valence-corrected chi connectivity index (χ3v) is 2.59. The number of carbonyl (C=O) groups is 1. The molecule has 1 aromatic heterocycles. The van der Waals surface area contributed by atoms with Gasteiger partial charge in [0.25, 0.3) is 5.91 Å². The first-order chi connectivity index (χ1) is 7.50. The number of amides is 1. The molecule has 0 aliphatic carbocycles. The minimum atomic E-state index is -0.438. The molecule has 0 aliphatic rings. The number of pyridine rings is 1. The van der Waals surface area contributed by atoms with Gasteiger partial charge in [-0.3, -0.25) is 4.79 Å². The summed E-state index contributed by atoms with van der Waals surface area (Å²) < 4.78 is 0. The lowest BCUT2D eigenvalue weighted by Gasteiger charge is -2.06. The number of aliphatic hydroxyl groups is 1. The highest BCUT2D eigenvalue weighted by atomic mass is 35.5. The molecule has 1 rings (SSSR count). The lowest BCUT2D eigenvalue weighted by Crippen LogP contribution is -2.26. The fraction of sp³-hybridized carbons (Fsp3) is 0.400. The van der Waals surface area contributed by atoms with Gasteiger partial charge in [0.15, 0.2) is 0 Å². The Morgan fingerprint density at radius 3 is 2.88 bits per heavy atom. The van der Waals surface area contributed by atoms with E-state index in [1.54, 1.807) is 6.92 Å². The molecular formula is C10H12Cl2N2O2. The fourth-order valence-corrected chi connectivity index (χ4v) is 1.31. The van der Waals surface area contributed by atoms with Crippen LogP contribution in [-0.4, -0.2) is 28.6 Å². The molecule has 0 aliphatic heterocycles. The van der Waals surface area contributed by atoms with E-state index < -0.39 is 6.10 Å². The van der Waals surface area contributed by atoms with Crippen LogP contribution >= 0.6 is 23.2 Å². The number of aromatic nitrogens is 1.